The van der Waals surface area contributed by atoms with E-state index < -0.39 is 41.8 Å². The Kier molecular flexibility index (Phi) is 8.24. The summed E-state index contributed by atoms with van der Waals surface area (Å²) in [5.74, 6) is -1.45. The lowest BCUT2D eigenvalue weighted by molar-refractivity contribution is -0.148. The molecule has 0 spiro atoms. The smallest absolute Gasteiger partial charge is 0.408 e. The largest absolute Gasteiger partial charge is 0.508 e. The second-order valence-corrected chi connectivity index (χ2v) is 7.32. The van der Waals surface area contributed by atoms with E-state index in [4.69, 9.17) is 4.74 Å². The van der Waals surface area contributed by atoms with Gasteiger partial charge in [-0.3, -0.25) is 4.79 Å². The summed E-state index contributed by atoms with van der Waals surface area (Å²) in [4.78, 5) is 36.6. The molecule has 0 unspecified atom stereocenters. The number of amides is 2. The quantitative estimate of drug-likeness (QED) is 0.502. The van der Waals surface area contributed by atoms with Crippen LogP contribution in [0.3, 0.4) is 0 Å². The molecule has 0 heterocycles. The Hall–Kier alpha value is -2.81. The highest BCUT2D eigenvalue weighted by Crippen LogP contribution is 2.13. The van der Waals surface area contributed by atoms with Crippen molar-refractivity contribution < 1.29 is 34.1 Å². The van der Waals surface area contributed by atoms with Gasteiger partial charge >= 0.3 is 12.1 Å². The molecule has 1 aromatic rings. The Morgan fingerprint density at radius 1 is 1.11 bits per heavy atom. The highest BCUT2D eigenvalue weighted by atomic mass is 16.6. The van der Waals surface area contributed by atoms with Gasteiger partial charge in [0.15, 0.2) is 6.04 Å². The average molecular weight is 396 g/mol. The van der Waals surface area contributed by atoms with Gasteiger partial charge in [-0.1, -0.05) is 12.1 Å². The fourth-order valence-corrected chi connectivity index (χ4v) is 2.28. The van der Waals surface area contributed by atoms with Crippen LogP contribution >= 0.6 is 0 Å². The number of aromatic hydroxyl groups is 1. The van der Waals surface area contributed by atoms with E-state index in [0.29, 0.717) is 5.56 Å². The number of phenolic OH excluding ortho intramolecular Hbond substituents is 1. The molecule has 0 aliphatic heterocycles. The summed E-state index contributed by atoms with van der Waals surface area (Å²) >= 11 is 0. The van der Waals surface area contributed by atoms with E-state index >= 15 is 0 Å². The van der Waals surface area contributed by atoms with Crippen molar-refractivity contribution in [2.45, 2.75) is 57.9 Å². The van der Waals surface area contributed by atoms with Crippen LogP contribution in [0.2, 0.25) is 0 Å². The SMILES string of the molecule is COC(=O)[C@@H](NC(=O)[C@@H](Cc1ccc(O)cc1)NC(=O)OC(C)(C)C)[C@H](C)O. The molecule has 1 aromatic carbocycles. The van der Waals surface area contributed by atoms with Gasteiger partial charge in [0.25, 0.3) is 0 Å². The maximum atomic E-state index is 12.7. The molecule has 28 heavy (non-hydrogen) atoms. The van der Waals surface area contributed by atoms with E-state index in [-0.39, 0.29) is 12.2 Å². The topological polar surface area (TPSA) is 134 Å². The lowest BCUT2D eigenvalue weighted by atomic mass is 10.0. The van der Waals surface area contributed by atoms with Gasteiger partial charge in [0.2, 0.25) is 5.91 Å². The molecule has 0 aliphatic rings. The third-order valence-corrected chi connectivity index (χ3v) is 3.62. The van der Waals surface area contributed by atoms with E-state index in [1.54, 1.807) is 32.9 Å². The first-order valence-electron chi connectivity index (χ1n) is 8.76. The highest BCUT2D eigenvalue weighted by Gasteiger charge is 2.31. The molecule has 0 bridgehead atoms. The van der Waals surface area contributed by atoms with Crippen molar-refractivity contribution in [3.63, 3.8) is 0 Å². The third-order valence-electron chi connectivity index (χ3n) is 3.62. The molecule has 0 saturated carbocycles. The number of aliphatic hydroxyl groups excluding tert-OH is 1. The molecule has 0 fully saturated rings. The minimum absolute atomic E-state index is 0.0599. The van der Waals surface area contributed by atoms with E-state index in [2.05, 4.69) is 15.4 Å². The summed E-state index contributed by atoms with van der Waals surface area (Å²) < 4.78 is 9.76. The summed E-state index contributed by atoms with van der Waals surface area (Å²) in [7, 11) is 1.14. The second kappa shape index (κ2) is 9.93. The van der Waals surface area contributed by atoms with Crippen LogP contribution in [0.15, 0.2) is 24.3 Å². The molecule has 0 aliphatic carbocycles. The van der Waals surface area contributed by atoms with E-state index in [1.165, 1.54) is 19.1 Å². The Morgan fingerprint density at radius 3 is 2.14 bits per heavy atom. The standard InChI is InChI=1S/C19H28N2O7/c1-11(22)15(17(25)27-5)21-16(24)14(20-18(26)28-19(2,3)4)10-12-6-8-13(23)9-7-12/h6-9,11,14-15,22-23H,10H2,1-5H3,(H,20,26)(H,21,24)/t11-,14+,15-/m0/s1. The lowest BCUT2D eigenvalue weighted by Gasteiger charge is -2.25. The van der Waals surface area contributed by atoms with E-state index in [9.17, 15) is 24.6 Å². The van der Waals surface area contributed by atoms with Crippen LogP contribution in [0.25, 0.3) is 0 Å². The zero-order chi connectivity index (χ0) is 21.5. The molecule has 0 saturated heterocycles. The number of carbonyl (C=O) groups is 3. The van der Waals surface area contributed by atoms with Crippen molar-refractivity contribution >= 4 is 18.0 Å². The minimum Gasteiger partial charge on any atom is -0.508 e. The van der Waals surface area contributed by atoms with Gasteiger partial charge in [0.05, 0.1) is 13.2 Å². The van der Waals surface area contributed by atoms with E-state index in [0.717, 1.165) is 7.11 Å². The first-order chi connectivity index (χ1) is 12.9. The number of ether oxygens (including phenoxy) is 2. The molecule has 4 N–H and O–H groups in total. The van der Waals surface area contributed by atoms with Gasteiger partial charge in [-0.25, -0.2) is 9.59 Å². The molecule has 0 aromatic heterocycles. The van der Waals surface area contributed by atoms with Gasteiger partial charge < -0.3 is 30.3 Å². The fourth-order valence-electron chi connectivity index (χ4n) is 2.28. The molecule has 1 rings (SSSR count). The van der Waals surface area contributed by atoms with Crippen molar-refractivity contribution in [1.29, 1.82) is 0 Å². The number of methoxy groups -OCH3 is 1. The number of esters is 1. The summed E-state index contributed by atoms with van der Waals surface area (Å²) in [6.45, 7) is 6.38. The van der Waals surface area contributed by atoms with Crippen LogP contribution in [0, 0.1) is 0 Å². The summed E-state index contributed by atoms with van der Waals surface area (Å²) in [5.41, 5.74) is -0.113. The van der Waals surface area contributed by atoms with Gasteiger partial charge in [0.1, 0.15) is 17.4 Å². The van der Waals surface area contributed by atoms with Gasteiger partial charge in [-0.2, -0.15) is 0 Å². The highest BCUT2D eigenvalue weighted by molar-refractivity contribution is 5.90. The van der Waals surface area contributed by atoms with Crippen molar-refractivity contribution in [3.8, 4) is 5.75 Å². The predicted molar refractivity (Wildman–Crippen MR) is 101 cm³/mol. The number of carbonyl (C=O) groups excluding carboxylic acids is 3. The van der Waals surface area contributed by atoms with Crippen LogP contribution in [-0.4, -0.2) is 59.1 Å². The van der Waals surface area contributed by atoms with Crippen molar-refractivity contribution in [3.05, 3.63) is 29.8 Å². The Morgan fingerprint density at radius 2 is 1.68 bits per heavy atom. The number of hydrogen-bond donors (Lipinski definition) is 4. The monoisotopic (exact) mass is 396 g/mol. The first-order valence-corrected chi connectivity index (χ1v) is 8.76. The predicted octanol–water partition coefficient (Wildman–Crippen LogP) is 0.867. The number of phenols is 1. The van der Waals surface area contributed by atoms with Gasteiger partial charge in [0, 0.05) is 6.42 Å². The third kappa shape index (κ3) is 7.83. The molecule has 9 nitrogen and oxygen atoms in total. The van der Waals surface area contributed by atoms with Gasteiger partial charge in [-0.05, 0) is 45.4 Å². The normalized spacial score (nSPS) is 14.4. The zero-order valence-corrected chi connectivity index (χ0v) is 16.7. The number of hydrogen-bond acceptors (Lipinski definition) is 7. The minimum atomic E-state index is -1.29. The molecular formula is C19H28N2O7. The maximum absolute atomic E-state index is 12.7. The Balaban J connectivity index is 3.00. The Labute approximate surface area is 164 Å². The molecule has 156 valence electrons. The van der Waals surface area contributed by atoms with Crippen LogP contribution in [-0.2, 0) is 25.5 Å². The fraction of sp³-hybridized carbons (Fsp3) is 0.526. The van der Waals surface area contributed by atoms with Gasteiger partial charge in [-0.15, -0.1) is 0 Å². The summed E-state index contributed by atoms with van der Waals surface area (Å²) in [5, 5.41) is 24.0. The number of aliphatic hydroxyl groups is 1. The van der Waals surface area contributed by atoms with Crippen molar-refractivity contribution in [2.75, 3.05) is 7.11 Å². The number of rotatable bonds is 7. The summed E-state index contributed by atoms with van der Waals surface area (Å²) in [6.07, 6.45) is -1.94. The second-order valence-electron chi connectivity index (χ2n) is 7.32. The molecule has 3 atom stereocenters. The zero-order valence-electron chi connectivity index (χ0n) is 16.7. The molecule has 9 heteroatoms. The van der Waals surface area contributed by atoms with Crippen LogP contribution in [0.4, 0.5) is 4.79 Å². The van der Waals surface area contributed by atoms with Crippen LogP contribution in [0.1, 0.15) is 33.3 Å². The molecule has 2 amide bonds. The Bertz CT molecular complexity index is 681. The van der Waals surface area contributed by atoms with Crippen LogP contribution in [0.5, 0.6) is 5.75 Å². The first kappa shape index (κ1) is 23.2. The average Bonchev–Trinajstić information content (AvgIpc) is 2.58. The summed E-state index contributed by atoms with van der Waals surface area (Å²) in [6, 6.07) is 3.71. The molecular weight excluding hydrogens is 368 g/mol. The number of benzene rings is 1. The van der Waals surface area contributed by atoms with Crippen molar-refractivity contribution in [2.24, 2.45) is 0 Å². The van der Waals surface area contributed by atoms with Crippen molar-refractivity contribution in [1.82, 2.24) is 10.6 Å². The number of alkyl carbamates (subject to hydrolysis) is 1. The van der Waals surface area contributed by atoms with E-state index in [1.807, 2.05) is 0 Å². The lowest BCUT2D eigenvalue weighted by Crippen LogP contribution is -2.56. The molecule has 0 radical (unpaired) electrons. The van der Waals surface area contributed by atoms with Crippen LogP contribution < -0.4 is 10.6 Å². The maximum Gasteiger partial charge on any atom is 0.408 e. The number of nitrogens with one attached hydrogen (secondary N) is 2.